The molecule has 1 atom stereocenters. The van der Waals surface area contributed by atoms with E-state index in [2.05, 4.69) is 10.3 Å². The van der Waals surface area contributed by atoms with Crippen LogP contribution in [0.2, 0.25) is 0 Å². The Morgan fingerprint density at radius 3 is 2.83 bits per heavy atom. The molecule has 18 heavy (non-hydrogen) atoms. The monoisotopic (exact) mass is 246 g/mol. The molecular weight excluding hydrogens is 232 g/mol. The topological polar surface area (TPSA) is 75.4 Å². The molecule has 2 heterocycles. The fraction of sp³-hybridized carbons (Fsp3) is 0.231. The highest BCUT2D eigenvalue weighted by atomic mass is 16.3. The maximum Gasteiger partial charge on any atom is 0.274 e. The molecular formula is C13H14N2O3. The van der Waals surface area contributed by atoms with Gasteiger partial charge in [0.05, 0.1) is 6.04 Å². The summed E-state index contributed by atoms with van der Waals surface area (Å²) in [6.45, 7) is 3.64. The van der Waals surface area contributed by atoms with Crippen molar-refractivity contribution >= 4 is 5.91 Å². The fourth-order valence-corrected chi connectivity index (χ4v) is 1.59. The van der Waals surface area contributed by atoms with Crippen LogP contribution >= 0.6 is 0 Å². The smallest absolute Gasteiger partial charge is 0.274 e. The third-order valence-electron chi connectivity index (χ3n) is 2.54. The molecule has 0 aliphatic rings. The summed E-state index contributed by atoms with van der Waals surface area (Å²) in [6.07, 6.45) is 1.45. The molecule has 0 aliphatic carbocycles. The summed E-state index contributed by atoms with van der Waals surface area (Å²) >= 11 is 0. The van der Waals surface area contributed by atoms with Gasteiger partial charge in [0.25, 0.3) is 5.91 Å². The van der Waals surface area contributed by atoms with Crippen LogP contribution < -0.4 is 5.32 Å². The summed E-state index contributed by atoms with van der Waals surface area (Å²) in [5.74, 6) is 0.871. The molecule has 2 aromatic heterocycles. The number of nitrogens with zero attached hydrogens (tertiary/aromatic N) is 1. The van der Waals surface area contributed by atoms with Crippen LogP contribution in [0.15, 0.2) is 34.9 Å². The van der Waals surface area contributed by atoms with E-state index in [0.29, 0.717) is 5.76 Å². The number of pyridine rings is 1. The van der Waals surface area contributed by atoms with Crippen molar-refractivity contribution in [3.63, 3.8) is 0 Å². The molecule has 0 bridgehead atoms. The lowest BCUT2D eigenvalue weighted by molar-refractivity contribution is 0.0927. The summed E-state index contributed by atoms with van der Waals surface area (Å²) in [6, 6.07) is 6.33. The quantitative estimate of drug-likeness (QED) is 0.870. The SMILES string of the molecule is Cc1ccc(C(C)NC(=O)c2ncccc2O)o1. The van der Waals surface area contributed by atoms with E-state index in [1.807, 2.05) is 13.0 Å². The normalized spacial score (nSPS) is 12.1. The maximum absolute atomic E-state index is 11.9. The first-order chi connectivity index (χ1) is 8.58. The van der Waals surface area contributed by atoms with Crippen molar-refractivity contribution < 1.29 is 14.3 Å². The molecule has 2 aromatic rings. The minimum Gasteiger partial charge on any atom is -0.505 e. The van der Waals surface area contributed by atoms with Crippen LogP contribution in [-0.2, 0) is 0 Å². The van der Waals surface area contributed by atoms with Gasteiger partial charge in [0.1, 0.15) is 17.3 Å². The number of carbonyl (C=O) groups excluding carboxylic acids is 1. The minimum absolute atomic E-state index is 0.00706. The predicted octanol–water partition coefficient (Wildman–Crippen LogP) is 2.18. The Morgan fingerprint density at radius 1 is 1.44 bits per heavy atom. The molecule has 0 fully saturated rings. The van der Waals surface area contributed by atoms with Gasteiger partial charge in [-0.1, -0.05) is 0 Å². The third kappa shape index (κ3) is 2.51. The van der Waals surface area contributed by atoms with E-state index in [4.69, 9.17) is 4.42 Å². The number of hydrogen-bond acceptors (Lipinski definition) is 4. The molecule has 0 spiro atoms. The molecule has 2 N–H and O–H groups in total. The van der Waals surface area contributed by atoms with Crippen LogP contribution in [0.3, 0.4) is 0 Å². The van der Waals surface area contributed by atoms with Crippen molar-refractivity contribution in [3.05, 3.63) is 47.7 Å². The van der Waals surface area contributed by atoms with Crippen LogP contribution in [0.25, 0.3) is 0 Å². The maximum atomic E-state index is 11.9. The zero-order valence-electron chi connectivity index (χ0n) is 10.2. The highest BCUT2D eigenvalue weighted by Crippen LogP contribution is 2.18. The van der Waals surface area contributed by atoms with E-state index in [-0.39, 0.29) is 17.5 Å². The van der Waals surface area contributed by atoms with Crippen LogP contribution in [-0.4, -0.2) is 16.0 Å². The van der Waals surface area contributed by atoms with Gasteiger partial charge in [-0.3, -0.25) is 4.79 Å². The number of nitrogens with one attached hydrogen (secondary N) is 1. The Labute approximate surface area is 104 Å². The van der Waals surface area contributed by atoms with Crippen molar-refractivity contribution in [2.24, 2.45) is 0 Å². The molecule has 5 nitrogen and oxygen atoms in total. The molecule has 0 radical (unpaired) electrons. The minimum atomic E-state index is -0.436. The summed E-state index contributed by atoms with van der Waals surface area (Å²) < 4.78 is 5.41. The van der Waals surface area contributed by atoms with Crippen molar-refractivity contribution in [3.8, 4) is 5.75 Å². The highest BCUT2D eigenvalue weighted by Gasteiger charge is 2.17. The van der Waals surface area contributed by atoms with Crippen LogP contribution in [0.5, 0.6) is 5.75 Å². The predicted molar refractivity (Wildman–Crippen MR) is 65.2 cm³/mol. The van der Waals surface area contributed by atoms with E-state index in [9.17, 15) is 9.90 Å². The van der Waals surface area contributed by atoms with Gasteiger partial charge in [-0.2, -0.15) is 0 Å². The van der Waals surface area contributed by atoms with Crippen molar-refractivity contribution in [2.45, 2.75) is 19.9 Å². The van der Waals surface area contributed by atoms with E-state index >= 15 is 0 Å². The molecule has 1 amide bonds. The Hall–Kier alpha value is -2.30. The number of aryl methyl sites for hydroxylation is 1. The second-order valence-corrected chi connectivity index (χ2v) is 4.01. The molecule has 94 valence electrons. The standard InChI is InChI=1S/C13H14N2O3/c1-8-5-6-11(18-8)9(2)15-13(17)12-10(16)4-3-7-14-12/h3-7,9,16H,1-2H3,(H,15,17). The van der Waals surface area contributed by atoms with Crippen LogP contribution in [0, 0.1) is 6.92 Å². The Morgan fingerprint density at radius 2 is 2.22 bits per heavy atom. The van der Waals surface area contributed by atoms with Crippen LogP contribution in [0.1, 0.15) is 35.0 Å². The molecule has 2 rings (SSSR count). The van der Waals surface area contributed by atoms with Crippen molar-refractivity contribution in [2.75, 3.05) is 0 Å². The van der Waals surface area contributed by atoms with E-state index in [1.165, 1.54) is 12.3 Å². The number of hydrogen-bond donors (Lipinski definition) is 2. The third-order valence-corrected chi connectivity index (χ3v) is 2.54. The van der Waals surface area contributed by atoms with Crippen molar-refractivity contribution in [1.82, 2.24) is 10.3 Å². The zero-order valence-corrected chi connectivity index (χ0v) is 10.2. The number of carbonyl (C=O) groups is 1. The lowest BCUT2D eigenvalue weighted by Gasteiger charge is -2.11. The fourth-order valence-electron chi connectivity index (χ4n) is 1.59. The van der Waals surface area contributed by atoms with Gasteiger partial charge < -0.3 is 14.8 Å². The lowest BCUT2D eigenvalue weighted by atomic mass is 10.2. The first-order valence-electron chi connectivity index (χ1n) is 5.59. The highest BCUT2D eigenvalue weighted by molar-refractivity contribution is 5.94. The second kappa shape index (κ2) is 4.91. The summed E-state index contributed by atoms with van der Waals surface area (Å²) in [5.41, 5.74) is 0.00706. The first kappa shape index (κ1) is 12.2. The lowest BCUT2D eigenvalue weighted by Crippen LogP contribution is -2.27. The number of amides is 1. The van der Waals surface area contributed by atoms with Crippen LogP contribution in [0.4, 0.5) is 0 Å². The zero-order chi connectivity index (χ0) is 13.1. The van der Waals surface area contributed by atoms with Gasteiger partial charge in [-0.05, 0) is 38.1 Å². The first-order valence-corrected chi connectivity index (χ1v) is 5.59. The van der Waals surface area contributed by atoms with Gasteiger partial charge in [-0.15, -0.1) is 0 Å². The summed E-state index contributed by atoms with van der Waals surface area (Å²) in [5, 5.41) is 12.2. The van der Waals surface area contributed by atoms with E-state index < -0.39 is 5.91 Å². The van der Waals surface area contributed by atoms with Gasteiger partial charge >= 0.3 is 0 Å². The summed E-state index contributed by atoms with van der Waals surface area (Å²) in [4.78, 5) is 15.7. The second-order valence-electron chi connectivity index (χ2n) is 4.01. The molecule has 5 heteroatoms. The van der Waals surface area contributed by atoms with Gasteiger partial charge in [0.2, 0.25) is 0 Å². The molecule has 0 saturated carbocycles. The molecule has 1 unspecified atom stereocenters. The van der Waals surface area contributed by atoms with Crippen molar-refractivity contribution in [1.29, 1.82) is 0 Å². The summed E-state index contributed by atoms with van der Waals surface area (Å²) in [7, 11) is 0. The van der Waals surface area contributed by atoms with E-state index in [1.54, 1.807) is 19.1 Å². The number of furan rings is 1. The number of rotatable bonds is 3. The largest absolute Gasteiger partial charge is 0.505 e. The van der Waals surface area contributed by atoms with Gasteiger partial charge in [-0.25, -0.2) is 4.98 Å². The van der Waals surface area contributed by atoms with E-state index in [0.717, 1.165) is 5.76 Å². The average molecular weight is 246 g/mol. The Balaban J connectivity index is 2.10. The molecule has 0 aromatic carbocycles. The number of aromatic nitrogens is 1. The average Bonchev–Trinajstić information content (AvgIpc) is 2.76. The Bertz CT molecular complexity index is 563. The molecule has 0 saturated heterocycles. The van der Waals surface area contributed by atoms with Gasteiger partial charge in [0, 0.05) is 6.20 Å². The van der Waals surface area contributed by atoms with Gasteiger partial charge in [0.15, 0.2) is 5.69 Å². The Kier molecular flexibility index (Phi) is 3.32. The number of aromatic hydroxyl groups is 1. The molecule has 0 aliphatic heterocycles.